The lowest BCUT2D eigenvalue weighted by Gasteiger charge is -2.06. The standard InChI is InChI=1S/C12H9F3N2O3S/c13-12(14,15)6-2-1-3-7(4-6)16-11-17-10(20)8(21-11)5-9(18)19/h1-4,8H,5H2,(H,18,19)(H,16,17,20)/t8-/m1/s1. The Hall–Kier alpha value is -2.03. The molecule has 1 atom stereocenters. The molecule has 1 saturated heterocycles. The highest BCUT2D eigenvalue weighted by molar-refractivity contribution is 8.15. The Morgan fingerprint density at radius 2 is 2.14 bits per heavy atom. The summed E-state index contributed by atoms with van der Waals surface area (Å²) in [5, 5.41) is 10.2. The molecule has 0 saturated carbocycles. The van der Waals surface area contributed by atoms with Gasteiger partial charge in [0.05, 0.1) is 17.7 Å². The maximum absolute atomic E-state index is 12.6. The smallest absolute Gasteiger partial charge is 0.416 e. The van der Waals surface area contributed by atoms with Gasteiger partial charge in [0.25, 0.3) is 0 Å². The van der Waals surface area contributed by atoms with Gasteiger partial charge in [0.15, 0.2) is 5.17 Å². The number of benzene rings is 1. The Bertz CT molecular complexity index is 616. The monoisotopic (exact) mass is 318 g/mol. The van der Waals surface area contributed by atoms with Crippen molar-refractivity contribution >= 4 is 34.5 Å². The van der Waals surface area contributed by atoms with Gasteiger partial charge in [-0.05, 0) is 18.2 Å². The van der Waals surface area contributed by atoms with Crippen molar-refractivity contribution in [1.29, 1.82) is 0 Å². The van der Waals surface area contributed by atoms with Crippen molar-refractivity contribution in [3.63, 3.8) is 0 Å². The molecule has 1 fully saturated rings. The van der Waals surface area contributed by atoms with E-state index >= 15 is 0 Å². The molecule has 0 aromatic heterocycles. The highest BCUT2D eigenvalue weighted by Crippen LogP contribution is 2.32. The van der Waals surface area contributed by atoms with Gasteiger partial charge in [-0.15, -0.1) is 0 Å². The lowest BCUT2D eigenvalue weighted by molar-refractivity contribution is -0.138. The molecule has 1 aromatic carbocycles. The second-order valence-corrected chi connectivity index (χ2v) is 5.35. The van der Waals surface area contributed by atoms with Gasteiger partial charge in [-0.1, -0.05) is 17.8 Å². The Labute approximate surface area is 121 Å². The molecule has 0 aliphatic carbocycles. The number of carbonyl (C=O) groups is 2. The third-order valence-corrected chi connectivity index (χ3v) is 3.62. The van der Waals surface area contributed by atoms with Crippen LogP contribution in [-0.2, 0) is 15.8 Å². The van der Waals surface area contributed by atoms with Crippen molar-refractivity contribution in [2.75, 3.05) is 0 Å². The van der Waals surface area contributed by atoms with E-state index in [2.05, 4.69) is 10.3 Å². The molecule has 0 bridgehead atoms. The predicted octanol–water partition coefficient (Wildman–Crippen LogP) is 2.40. The number of halogens is 3. The zero-order valence-corrected chi connectivity index (χ0v) is 11.2. The van der Waals surface area contributed by atoms with Crippen LogP contribution in [0, 0.1) is 0 Å². The normalized spacial score (nSPS) is 20.6. The maximum atomic E-state index is 12.6. The van der Waals surface area contributed by atoms with Crippen LogP contribution in [0.3, 0.4) is 0 Å². The van der Waals surface area contributed by atoms with Gasteiger partial charge >= 0.3 is 12.1 Å². The van der Waals surface area contributed by atoms with Crippen molar-refractivity contribution < 1.29 is 27.9 Å². The van der Waals surface area contributed by atoms with Gasteiger partial charge in [-0.3, -0.25) is 9.59 Å². The van der Waals surface area contributed by atoms with Crippen LogP contribution in [-0.4, -0.2) is 27.4 Å². The lowest BCUT2D eigenvalue weighted by atomic mass is 10.2. The summed E-state index contributed by atoms with van der Waals surface area (Å²) in [5.41, 5.74) is -0.815. The van der Waals surface area contributed by atoms with E-state index in [9.17, 15) is 22.8 Å². The number of rotatable bonds is 3. The van der Waals surface area contributed by atoms with Crippen LogP contribution < -0.4 is 5.32 Å². The third kappa shape index (κ3) is 3.97. The Morgan fingerprint density at radius 3 is 2.76 bits per heavy atom. The zero-order valence-electron chi connectivity index (χ0n) is 10.3. The molecule has 1 aliphatic heterocycles. The minimum atomic E-state index is -4.48. The highest BCUT2D eigenvalue weighted by Gasteiger charge is 2.33. The molecule has 2 rings (SSSR count). The number of hydrogen-bond acceptors (Lipinski definition) is 4. The summed E-state index contributed by atoms with van der Waals surface area (Å²) >= 11 is 0.883. The number of aliphatic imine (C=N–C) groups is 1. The maximum Gasteiger partial charge on any atom is 0.416 e. The van der Waals surface area contributed by atoms with Gasteiger partial charge in [-0.2, -0.15) is 13.2 Å². The van der Waals surface area contributed by atoms with Crippen LogP contribution in [0.25, 0.3) is 0 Å². The Morgan fingerprint density at radius 1 is 1.43 bits per heavy atom. The van der Waals surface area contributed by atoms with Crippen LogP contribution >= 0.6 is 11.8 Å². The number of thioether (sulfide) groups is 1. The van der Waals surface area contributed by atoms with E-state index in [4.69, 9.17) is 5.11 Å². The first-order valence-corrected chi connectivity index (χ1v) is 6.59. The largest absolute Gasteiger partial charge is 0.481 e. The number of aliphatic carboxylic acids is 1. The van der Waals surface area contributed by atoms with Gasteiger partial charge in [0.2, 0.25) is 5.91 Å². The van der Waals surface area contributed by atoms with Gasteiger partial charge < -0.3 is 10.4 Å². The second kappa shape index (κ2) is 5.76. The highest BCUT2D eigenvalue weighted by atomic mass is 32.2. The fourth-order valence-corrected chi connectivity index (χ4v) is 2.60. The summed E-state index contributed by atoms with van der Waals surface area (Å²) in [5.74, 6) is -1.66. The van der Waals surface area contributed by atoms with Gasteiger partial charge in [0, 0.05) is 0 Å². The number of carbonyl (C=O) groups excluding carboxylic acids is 1. The van der Waals surface area contributed by atoms with E-state index in [-0.39, 0.29) is 17.3 Å². The summed E-state index contributed by atoms with van der Waals surface area (Å²) in [4.78, 5) is 25.9. The average Bonchev–Trinajstić information content (AvgIpc) is 2.68. The van der Waals surface area contributed by atoms with Crippen molar-refractivity contribution in [3.8, 4) is 0 Å². The minimum absolute atomic E-state index is 0.0311. The van der Waals surface area contributed by atoms with Crippen molar-refractivity contribution in [3.05, 3.63) is 29.8 Å². The molecular formula is C12H9F3N2O3S. The summed E-state index contributed by atoms with van der Waals surface area (Å²) in [7, 11) is 0. The fourth-order valence-electron chi connectivity index (χ4n) is 1.62. The molecule has 1 aliphatic rings. The molecular weight excluding hydrogens is 309 g/mol. The number of carboxylic acids is 1. The van der Waals surface area contributed by atoms with Crippen molar-refractivity contribution in [2.45, 2.75) is 17.8 Å². The van der Waals surface area contributed by atoms with E-state index in [1.807, 2.05) is 0 Å². The zero-order chi connectivity index (χ0) is 15.6. The van der Waals surface area contributed by atoms with E-state index in [0.717, 1.165) is 23.9 Å². The molecule has 1 aromatic rings. The topological polar surface area (TPSA) is 78.8 Å². The van der Waals surface area contributed by atoms with Crippen LogP contribution in [0.2, 0.25) is 0 Å². The summed E-state index contributed by atoms with van der Waals surface area (Å²) in [6, 6.07) is 4.33. The SMILES string of the molecule is O=C(O)C[C@H]1SC(=Nc2cccc(C(F)(F)F)c2)NC1=O. The quantitative estimate of drug-likeness (QED) is 0.897. The minimum Gasteiger partial charge on any atom is -0.481 e. The molecule has 9 heteroatoms. The number of nitrogens with zero attached hydrogens (tertiary/aromatic N) is 1. The number of hydrogen-bond donors (Lipinski definition) is 2. The molecule has 0 unspecified atom stereocenters. The number of amidine groups is 1. The molecule has 0 spiro atoms. The first kappa shape index (κ1) is 15.4. The van der Waals surface area contributed by atoms with Crippen LogP contribution in [0.15, 0.2) is 29.3 Å². The Kier molecular flexibility index (Phi) is 4.21. The van der Waals surface area contributed by atoms with E-state index in [1.54, 1.807) is 0 Å². The number of nitrogens with one attached hydrogen (secondary N) is 1. The average molecular weight is 318 g/mol. The Balaban J connectivity index is 2.18. The second-order valence-electron chi connectivity index (χ2n) is 4.16. The van der Waals surface area contributed by atoms with Crippen molar-refractivity contribution in [1.82, 2.24) is 5.32 Å². The molecule has 1 heterocycles. The molecule has 112 valence electrons. The fraction of sp³-hybridized carbons (Fsp3) is 0.250. The van der Waals surface area contributed by atoms with Crippen molar-refractivity contribution in [2.24, 2.45) is 4.99 Å². The first-order chi connectivity index (χ1) is 9.75. The van der Waals surface area contributed by atoms with E-state index in [0.29, 0.717) is 0 Å². The molecule has 5 nitrogen and oxygen atoms in total. The van der Waals surface area contributed by atoms with E-state index < -0.39 is 28.9 Å². The molecule has 0 radical (unpaired) electrons. The van der Waals surface area contributed by atoms with Crippen LogP contribution in [0.4, 0.5) is 18.9 Å². The lowest BCUT2D eigenvalue weighted by Crippen LogP contribution is -2.26. The van der Waals surface area contributed by atoms with Gasteiger partial charge in [0.1, 0.15) is 5.25 Å². The third-order valence-electron chi connectivity index (χ3n) is 2.54. The molecule has 1 amide bonds. The van der Waals surface area contributed by atoms with E-state index in [1.165, 1.54) is 12.1 Å². The number of carboxylic acid groups (broad SMARTS) is 1. The van der Waals surface area contributed by atoms with Crippen LogP contribution in [0.5, 0.6) is 0 Å². The summed E-state index contributed by atoms with van der Waals surface area (Å²) < 4.78 is 37.7. The number of amides is 1. The predicted molar refractivity (Wildman–Crippen MR) is 70.3 cm³/mol. The molecule has 21 heavy (non-hydrogen) atoms. The summed E-state index contributed by atoms with van der Waals surface area (Å²) in [6.07, 6.45) is -4.85. The van der Waals surface area contributed by atoms with Crippen LogP contribution in [0.1, 0.15) is 12.0 Å². The first-order valence-electron chi connectivity index (χ1n) is 5.71. The number of alkyl halides is 3. The summed E-state index contributed by atoms with van der Waals surface area (Å²) in [6.45, 7) is 0. The molecule has 2 N–H and O–H groups in total. The van der Waals surface area contributed by atoms with Gasteiger partial charge in [-0.25, -0.2) is 4.99 Å².